The van der Waals surface area contributed by atoms with Gasteiger partial charge in [0.2, 0.25) is 5.91 Å². The number of aliphatic hydroxyl groups excluding tert-OH is 1. The molecule has 2 amide bonds. The number of carbonyl (C=O) groups excluding carboxylic acids is 1. The quantitative estimate of drug-likeness (QED) is 0.547. The summed E-state index contributed by atoms with van der Waals surface area (Å²) in [7, 11) is 0. The zero-order valence-corrected chi connectivity index (χ0v) is 22.7. The average molecular weight is 534 g/mol. The predicted octanol–water partition coefficient (Wildman–Crippen LogP) is 3.38. The lowest BCUT2D eigenvalue weighted by Crippen LogP contribution is -2.56. The van der Waals surface area contributed by atoms with Crippen molar-refractivity contribution in [2.24, 2.45) is 5.92 Å². The number of hydrogen-bond acceptors (Lipinski definition) is 8. The lowest BCUT2D eigenvalue weighted by Gasteiger charge is -2.42. The molecule has 1 atom stereocenters. The van der Waals surface area contributed by atoms with Crippen LogP contribution in [-0.2, 0) is 4.79 Å². The molecule has 0 unspecified atom stereocenters. The molecule has 3 heterocycles. The molecular formula is C28H35N7O4. The van der Waals surface area contributed by atoms with E-state index < -0.39 is 11.6 Å². The maximum atomic E-state index is 12.7. The van der Waals surface area contributed by atoms with Crippen LogP contribution in [0.3, 0.4) is 0 Å². The monoisotopic (exact) mass is 533 g/mol. The molecule has 206 valence electrons. The Morgan fingerprint density at radius 3 is 2.51 bits per heavy atom. The maximum absolute atomic E-state index is 12.7. The van der Waals surface area contributed by atoms with E-state index in [0.717, 1.165) is 31.4 Å². The van der Waals surface area contributed by atoms with Gasteiger partial charge in [-0.2, -0.15) is 15.5 Å². The van der Waals surface area contributed by atoms with Crippen molar-refractivity contribution in [3.63, 3.8) is 0 Å². The summed E-state index contributed by atoms with van der Waals surface area (Å²) in [6.45, 7) is 6.96. The van der Waals surface area contributed by atoms with Crippen LogP contribution in [0.25, 0.3) is 11.3 Å². The summed E-state index contributed by atoms with van der Waals surface area (Å²) in [5.74, 6) is 1.26. The highest BCUT2D eigenvalue weighted by Crippen LogP contribution is 2.45. The van der Waals surface area contributed by atoms with Crippen molar-refractivity contribution in [1.29, 1.82) is 5.26 Å². The van der Waals surface area contributed by atoms with Gasteiger partial charge in [-0.15, -0.1) is 0 Å². The summed E-state index contributed by atoms with van der Waals surface area (Å²) in [6, 6.07) is 5.86. The highest BCUT2D eigenvalue weighted by atomic mass is 16.4. The SMILES string of the molecule is CC(C)(C)N(C(=O)O)c1cnnc(-c2cc(C#N)c(N3CCN(C(=O)CCO)[C@H](C4CC4)C3)nc2C2CC2)c1. The molecule has 2 N–H and O–H groups in total. The molecule has 39 heavy (non-hydrogen) atoms. The van der Waals surface area contributed by atoms with E-state index in [1.54, 1.807) is 12.1 Å². The summed E-state index contributed by atoms with van der Waals surface area (Å²) in [5, 5.41) is 37.7. The fourth-order valence-corrected chi connectivity index (χ4v) is 5.54. The Balaban J connectivity index is 1.51. The fraction of sp³-hybridized carbons (Fsp3) is 0.571. The number of carbonyl (C=O) groups is 2. The molecule has 11 nitrogen and oxygen atoms in total. The lowest BCUT2D eigenvalue weighted by molar-refractivity contribution is -0.135. The summed E-state index contributed by atoms with van der Waals surface area (Å²) in [5.41, 5.74) is 2.15. The third-order valence-corrected chi connectivity index (χ3v) is 7.68. The number of aromatic nitrogens is 3. The first-order valence-electron chi connectivity index (χ1n) is 13.6. The number of nitrogens with zero attached hydrogens (tertiary/aromatic N) is 7. The second kappa shape index (κ2) is 10.4. The van der Waals surface area contributed by atoms with E-state index in [4.69, 9.17) is 4.98 Å². The summed E-state index contributed by atoms with van der Waals surface area (Å²) < 4.78 is 0. The number of amides is 2. The largest absolute Gasteiger partial charge is 0.465 e. The van der Waals surface area contributed by atoms with Crippen molar-refractivity contribution in [2.45, 2.75) is 70.4 Å². The summed E-state index contributed by atoms with van der Waals surface area (Å²) in [6.07, 6.45) is 4.58. The van der Waals surface area contributed by atoms with Crippen LogP contribution in [0.5, 0.6) is 0 Å². The molecule has 1 saturated heterocycles. The molecule has 3 fully saturated rings. The minimum absolute atomic E-state index is 0.0272. The number of aliphatic hydroxyl groups is 1. The van der Waals surface area contributed by atoms with E-state index in [9.17, 15) is 25.1 Å². The number of hydrogen-bond donors (Lipinski definition) is 2. The first-order chi connectivity index (χ1) is 18.6. The molecule has 2 aliphatic carbocycles. The number of rotatable bonds is 7. The third-order valence-electron chi connectivity index (χ3n) is 7.68. The van der Waals surface area contributed by atoms with Crippen LogP contribution in [-0.4, -0.2) is 80.1 Å². The second-order valence-electron chi connectivity index (χ2n) is 11.7. The van der Waals surface area contributed by atoms with E-state index in [-0.39, 0.29) is 30.9 Å². The van der Waals surface area contributed by atoms with Crippen molar-refractivity contribution >= 4 is 23.5 Å². The third kappa shape index (κ3) is 5.52. The average Bonchev–Trinajstić information content (AvgIpc) is 3.81. The van der Waals surface area contributed by atoms with Gasteiger partial charge in [0.15, 0.2) is 0 Å². The fourth-order valence-electron chi connectivity index (χ4n) is 5.54. The topological polar surface area (TPSA) is 147 Å². The zero-order valence-electron chi connectivity index (χ0n) is 22.7. The lowest BCUT2D eigenvalue weighted by atomic mass is 10.0. The van der Waals surface area contributed by atoms with E-state index in [2.05, 4.69) is 21.2 Å². The van der Waals surface area contributed by atoms with E-state index in [0.29, 0.717) is 53.9 Å². The first kappa shape index (κ1) is 26.8. The molecule has 0 aromatic carbocycles. The highest BCUT2D eigenvalue weighted by molar-refractivity contribution is 5.88. The van der Waals surface area contributed by atoms with Gasteiger partial charge >= 0.3 is 6.09 Å². The minimum Gasteiger partial charge on any atom is -0.465 e. The normalized spacial score (nSPS) is 19.5. The molecule has 2 aromatic heterocycles. The number of carboxylic acid groups (broad SMARTS) is 1. The van der Waals surface area contributed by atoms with Crippen molar-refractivity contribution in [2.75, 3.05) is 36.0 Å². The van der Waals surface area contributed by atoms with Crippen LogP contribution in [0.4, 0.5) is 16.3 Å². The Labute approximate surface area is 228 Å². The molecule has 0 bridgehead atoms. The van der Waals surface area contributed by atoms with Crippen LogP contribution < -0.4 is 9.80 Å². The van der Waals surface area contributed by atoms with Gasteiger partial charge in [0.25, 0.3) is 0 Å². The van der Waals surface area contributed by atoms with Crippen molar-refractivity contribution < 1.29 is 19.8 Å². The highest BCUT2D eigenvalue weighted by Gasteiger charge is 2.42. The van der Waals surface area contributed by atoms with Crippen LogP contribution in [0.1, 0.15) is 70.1 Å². The molecule has 0 spiro atoms. The zero-order chi connectivity index (χ0) is 27.9. The number of nitriles is 1. The van der Waals surface area contributed by atoms with Crippen molar-refractivity contribution in [3.8, 4) is 17.3 Å². The van der Waals surface area contributed by atoms with Crippen LogP contribution in [0, 0.1) is 17.2 Å². The maximum Gasteiger partial charge on any atom is 0.412 e. The van der Waals surface area contributed by atoms with E-state index >= 15 is 0 Å². The summed E-state index contributed by atoms with van der Waals surface area (Å²) in [4.78, 5) is 35.0. The first-order valence-corrected chi connectivity index (χ1v) is 13.6. The second-order valence-corrected chi connectivity index (χ2v) is 11.7. The molecule has 2 saturated carbocycles. The van der Waals surface area contributed by atoms with Crippen molar-refractivity contribution in [1.82, 2.24) is 20.1 Å². The van der Waals surface area contributed by atoms with Gasteiger partial charge in [0, 0.05) is 43.1 Å². The Kier molecular flexibility index (Phi) is 7.16. The molecule has 3 aliphatic rings. The smallest absolute Gasteiger partial charge is 0.412 e. The molecule has 5 rings (SSSR count). The van der Waals surface area contributed by atoms with Crippen molar-refractivity contribution in [3.05, 3.63) is 29.6 Å². The van der Waals surface area contributed by atoms with E-state index in [1.165, 1.54) is 11.1 Å². The van der Waals surface area contributed by atoms with Crippen LogP contribution in [0.15, 0.2) is 18.3 Å². The Morgan fingerprint density at radius 1 is 1.18 bits per heavy atom. The van der Waals surface area contributed by atoms with Crippen LogP contribution >= 0.6 is 0 Å². The van der Waals surface area contributed by atoms with Gasteiger partial charge in [0.1, 0.15) is 11.9 Å². The van der Waals surface area contributed by atoms with Gasteiger partial charge in [0.05, 0.1) is 41.5 Å². The Hall–Kier alpha value is -3.78. The molecule has 11 heteroatoms. The molecule has 0 radical (unpaired) electrons. The standard InChI is InChI=1S/C28H35N7O4/c1-28(2,3)35(27(38)39)20-13-22(32-30-15-20)21-12-19(14-29)26(31-25(21)18-6-7-18)33-9-10-34(24(37)8-11-36)23(16-33)17-4-5-17/h12-13,15,17-18,23,36H,4-11,16H2,1-3H3,(H,38,39)/t23-/m0/s1. The molecule has 1 aliphatic heterocycles. The number of pyridine rings is 1. The van der Waals surface area contributed by atoms with Gasteiger partial charge in [-0.3, -0.25) is 9.69 Å². The van der Waals surface area contributed by atoms with Gasteiger partial charge in [-0.1, -0.05) is 0 Å². The van der Waals surface area contributed by atoms with Gasteiger partial charge in [-0.25, -0.2) is 9.78 Å². The Morgan fingerprint density at radius 2 is 1.92 bits per heavy atom. The number of piperazine rings is 1. The van der Waals surface area contributed by atoms with Gasteiger partial charge in [-0.05, 0) is 64.5 Å². The minimum atomic E-state index is -1.09. The Bertz CT molecular complexity index is 1310. The predicted molar refractivity (Wildman–Crippen MR) is 144 cm³/mol. The van der Waals surface area contributed by atoms with E-state index in [1.807, 2.05) is 25.7 Å². The molecular weight excluding hydrogens is 498 g/mol. The molecule has 2 aromatic rings. The summed E-state index contributed by atoms with van der Waals surface area (Å²) >= 11 is 0. The van der Waals surface area contributed by atoms with Crippen LogP contribution in [0.2, 0.25) is 0 Å². The van der Waals surface area contributed by atoms with Gasteiger partial charge < -0.3 is 20.0 Å². The number of anilines is 2.